The van der Waals surface area contributed by atoms with Gasteiger partial charge in [-0.05, 0) is 43.4 Å². The Morgan fingerprint density at radius 1 is 1.12 bits per heavy atom. The standard InChI is InChI=1S/C17H20ClN5O2/c1-22-8-10-23(11-9-22)16-7-6-15(20-21-16)19-17(24)12-25-14-4-2-13(18)3-5-14/h2-7H,8-12H2,1H3,(H,19,20,24). The maximum absolute atomic E-state index is 11.9. The normalized spacial score (nSPS) is 15.0. The van der Waals surface area contributed by atoms with Crippen LogP contribution in [0.3, 0.4) is 0 Å². The quantitative estimate of drug-likeness (QED) is 0.877. The number of ether oxygens (including phenoxy) is 1. The number of benzene rings is 1. The van der Waals surface area contributed by atoms with Crippen LogP contribution in [0.15, 0.2) is 36.4 Å². The third-order valence-corrected chi connectivity index (χ3v) is 4.18. The number of amides is 1. The summed E-state index contributed by atoms with van der Waals surface area (Å²) in [6, 6.07) is 10.4. The largest absolute Gasteiger partial charge is 0.484 e. The third-order valence-electron chi connectivity index (χ3n) is 3.93. The van der Waals surface area contributed by atoms with Crippen molar-refractivity contribution < 1.29 is 9.53 Å². The highest BCUT2D eigenvalue weighted by molar-refractivity contribution is 6.30. The molecular formula is C17H20ClN5O2. The number of hydrogen-bond donors (Lipinski definition) is 1. The summed E-state index contributed by atoms with van der Waals surface area (Å²) in [7, 11) is 2.10. The van der Waals surface area contributed by atoms with Crippen LogP contribution < -0.4 is 15.0 Å². The number of nitrogens with one attached hydrogen (secondary N) is 1. The Bertz CT molecular complexity index is 700. The van der Waals surface area contributed by atoms with Gasteiger partial charge < -0.3 is 19.9 Å². The van der Waals surface area contributed by atoms with Crippen LogP contribution in [0.1, 0.15) is 0 Å². The number of likely N-dealkylation sites (N-methyl/N-ethyl adjacent to an activating group) is 1. The fraction of sp³-hybridized carbons (Fsp3) is 0.353. The summed E-state index contributed by atoms with van der Waals surface area (Å²) >= 11 is 5.80. The van der Waals surface area contributed by atoms with Crippen LogP contribution in [0.5, 0.6) is 5.75 Å². The van der Waals surface area contributed by atoms with E-state index >= 15 is 0 Å². The van der Waals surface area contributed by atoms with Gasteiger partial charge in [0, 0.05) is 31.2 Å². The van der Waals surface area contributed by atoms with Crippen LogP contribution in [0.2, 0.25) is 5.02 Å². The molecule has 1 saturated heterocycles. The molecule has 7 nitrogen and oxygen atoms in total. The number of aromatic nitrogens is 2. The van der Waals surface area contributed by atoms with Gasteiger partial charge in [-0.1, -0.05) is 11.6 Å². The van der Waals surface area contributed by atoms with Crippen molar-refractivity contribution in [3.05, 3.63) is 41.4 Å². The molecule has 2 aromatic rings. The van der Waals surface area contributed by atoms with Crippen molar-refractivity contribution in [1.82, 2.24) is 15.1 Å². The van der Waals surface area contributed by atoms with E-state index in [4.69, 9.17) is 16.3 Å². The summed E-state index contributed by atoms with van der Waals surface area (Å²) in [5.41, 5.74) is 0. The van der Waals surface area contributed by atoms with Gasteiger partial charge in [-0.15, -0.1) is 10.2 Å². The van der Waals surface area contributed by atoms with Crippen LogP contribution in [-0.4, -0.2) is 60.8 Å². The lowest BCUT2D eigenvalue weighted by molar-refractivity contribution is -0.118. The predicted octanol–water partition coefficient (Wildman–Crippen LogP) is 1.90. The molecule has 0 atom stereocenters. The molecule has 8 heteroatoms. The molecule has 0 bridgehead atoms. The Labute approximate surface area is 151 Å². The monoisotopic (exact) mass is 361 g/mol. The Kier molecular flexibility index (Phi) is 5.67. The highest BCUT2D eigenvalue weighted by atomic mass is 35.5. The van der Waals surface area contributed by atoms with E-state index in [9.17, 15) is 4.79 Å². The molecule has 0 radical (unpaired) electrons. The van der Waals surface area contributed by atoms with Crippen LogP contribution >= 0.6 is 11.6 Å². The van der Waals surface area contributed by atoms with E-state index in [1.54, 1.807) is 30.3 Å². The summed E-state index contributed by atoms with van der Waals surface area (Å²) in [6.45, 7) is 3.74. The topological polar surface area (TPSA) is 70.6 Å². The van der Waals surface area contributed by atoms with Crippen molar-refractivity contribution in [3.8, 4) is 5.75 Å². The van der Waals surface area contributed by atoms with E-state index < -0.39 is 0 Å². The second-order valence-corrected chi connectivity index (χ2v) is 6.29. The molecule has 1 aromatic carbocycles. The zero-order valence-corrected chi connectivity index (χ0v) is 14.7. The van der Waals surface area contributed by atoms with Gasteiger partial charge in [-0.25, -0.2) is 0 Å². The maximum Gasteiger partial charge on any atom is 0.263 e. The number of rotatable bonds is 5. The van der Waals surface area contributed by atoms with Gasteiger partial charge in [-0.2, -0.15) is 0 Å². The first-order chi connectivity index (χ1) is 12.1. The van der Waals surface area contributed by atoms with Gasteiger partial charge in [0.25, 0.3) is 5.91 Å². The minimum atomic E-state index is -0.295. The minimum Gasteiger partial charge on any atom is -0.484 e. The lowest BCUT2D eigenvalue weighted by Gasteiger charge is -2.32. The van der Waals surface area contributed by atoms with Crippen molar-refractivity contribution in [1.29, 1.82) is 0 Å². The first-order valence-corrected chi connectivity index (χ1v) is 8.43. The van der Waals surface area contributed by atoms with E-state index in [0.29, 0.717) is 16.6 Å². The van der Waals surface area contributed by atoms with Crippen molar-refractivity contribution in [2.75, 3.05) is 50.1 Å². The van der Waals surface area contributed by atoms with E-state index in [0.717, 1.165) is 32.0 Å². The number of piperazine rings is 1. The highest BCUT2D eigenvalue weighted by Gasteiger charge is 2.15. The molecule has 0 aliphatic carbocycles. The molecule has 0 unspecified atom stereocenters. The Hall–Kier alpha value is -2.38. The van der Waals surface area contributed by atoms with Crippen molar-refractivity contribution in [3.63, 3.8) is 0 Å². The molecule has 1 fully saturated rings. The fourth-order valence-corrected chi connectivity index (χ4v) is 2.58. The lowest BCUT2D eigenvalue weighted by Crippen LogP contribution is -2.44. The van der Waals surface area contributed by atoms with Gasteiger partial charge in [0.1, 0.15) is 5.75 Å². The summed E-state index contributed by atoms with van der Waals surface area (Å²) in [6.07, 6.45) is 0. The summed E-state index contributed by atoms with van der Waals surface area (Å²) in [5.74, 6) is 1.51. The molecule has 1 aliphatic rings. The molecule has 25 heavy (non-hydrogen) atoms. The highest BCUT2D eigenvalue weighted by Crippen LogP contribution is 2.16. The fourth-order valence-electron chi connectivity index (χ4n) is 2.45. The predicted molar refractivity (Wildman–Crippen MR) is 97.3 cm³/mol. The van der Waals surface area contributed by atoms with Crippen LogP contribution in [0, 0.1) is 0 Å². The number of anilines is 2. The Morgan fingerprint density at radius 3 is 2.48 bits per heavy atom. The molecule has 3 rings (SSSR count). The first-order valence-electron chi connectivity index (χ1n) is 8.05. The van der Waals surface area contributed by atoms with Crippen LogP contribution in [0.25, 0.3) is 0 Å². The minimum absolute atomic E-state index is 0.108. The molecular weight excluding hydrogens is 342 g/mol. The van der Waals surface area contributed by atoms with Crippen LogP contribution in [-0.2, 0) is 4.79 Å². The van der Waals surface area contributed by atoms with Crippen molar-refractivity contribution >= 4 is 29.1 Å². The molecule has 0 spiro atoms. The van der Waals surface area contributed by atoms with Gasteiger partial charge in [0.05, 0.1) is 0 Å². The zero-order chi connectivity index (χ0) is 17.6. The van der Waals surface area contributed by atoms with Crippen molar-refractivity contribution in [2.45, 2.75) is 0 Å². The molecule has 1 N–H and O–H groups in total. The summed E-state index contributed by atoms with van der Waals surface area (Å²) in [4.78, 5) is 16.4. The Balaban J connectivity index is 1.49. The number of carbonyl (C=O) groups is 1. The smallest absolute Gasteiger partial charge is 0.263 e. The molecule has 1 aliphatic heterocycles. The summed E-state index contributed by atoms with van der Waals surface area (Å²) in [5, 5.41) is 11.6. The molecule has 1 aromatic heterocycles. The molecule has 132 valence electrons. The van der Waals surface area contributed by atoms with Gasteiger partial charge in [0.15, 0.2) is 18.2 Å². The molecule has 0 saturated carbocycles. The first kappa shape index (κ1) is 17.4. The van der Waals surface area contributed by atoms with E-state index in [1.165, 1.54) is 0 Å². The third kappa shape index (κ3) is 5.04. The lowest BCUT2D eigenvalue weighted by atomic mass is 10.3. The van der Waals surface area contributed by atoms with E-state index in [-0.39, 0.29) is 12.5 Å². The second-order valence-electron chi connectivity index (χ2n) is 5.86. The average molecular weight is 362 g/mol. The SMILES string of the molecule is CN1CCN(c2ccc(NC(=O)COc3ccc(Cl)cc3)nn2)CC1. The maximum atomic E-state index is 11.9. The number of carbonyl (C=O) groups excluding carboxylic acids is 1. The second kappa shape index (κ2) is 8.13. The van der Waals surface area contributed by atoms with E-state index in [1.807, 2.05) is 6.07 Å². The van der Waals surface area contributed by atoms with Crippen LogP contribution in [0.4, 0.5) is 11.6 Å². The van der Waals surface area contributed by atoms with Gasteiger partial charge in [-0.3, -0.25) is 4.79 Å². The summed E-state index contributed by atoms with van der Waals surface area (Å²) < 4.78 is 5.39. The molecule has 2 heterocycles. The Morgan fingerprint density at radius 2 is 1.84 bits per heavy atom. The van der Waals surface area contributed by atoms with E-state index in [2.05, 4.69) is 32.4 Å². The molecule has 1 amide bonds. The number of halogens is 1. The zero-order valence-electron chi connectivity index (χ0n) is 14.0. The van der Waals surface area contributed by atoms with Crippen molar-refractivity contribution in [2.24, 2.45) is 0 Å². The number of nitrogens with zero attached hydrogens (tertiary/aromatic N) is 4. The van der Waals surface area contributed by atoms with Gasteiger partial charge in [0.2, 0.25) is 0 Å². The van der Waals surface area contributed by atoms with Gasteiger partial charge >= 0.3 is 0 Å². The number of hydrogen-bond acceptors (Lipinski definition) is 6. The average Bonchev–Trinajstić information content (AvgIpc) is 2.63.